The Kier molecular flexibility index (Phi) is 9.58. The quantitative estimate of drug-likeness (QED) is 0.118. The van der Waals surface area contributed by atoms with Crippen LogP contribution in [0.4, 0.5) is 37.7 Å². The van der Waals surface area contributed by atoms with Crippen molar-refractivity contribution in [3.05, 3.63) is 215 Å². The number of alkyl halides is 6. The zero-order valence-corrected chi connectivity index (χ0v) is 32.1. The highest BCUT2D eigenvalue weighted by Gasteiger charge is 2.47. The molecule has 0 aliphatic heterocycles. The van der Waals surface area contributed by atoms with Gasteiger partial charge in [-0.15, -0.1) is 0 Å². The summed E-state index contributed by atoms with van der Waals surface area (Å²) in [6.45, 7) is 0. The van der Waals surface area contributed by atoms with Crippen molar-refractivity contribution >= 4 is 11.4 Å². The first-order chi connectivity index (χ1) is 29.4. The number of benzene rings is 8. The number of hydrogen-bond donors (Lipinski definition) is 2. The molecule has 0 saturated carbocycles. The zero-order chi connectivity index (χ0) is 42.5. The minimum atomic E-state index is -4.69. The van der Waals surface area contributed by atoms with Gasteiger partial charge in [0.1, 0.15) is 11.5 Å². The normalized spacial score (nSPS) is 13.0. The van der Waals surface area contributed by atoms with Crippen molar-refractivity contribution < 1.29 is 35.8 Å². The fourth-order valence-electron chi connectivity index (χ4n) is 8.41. The minimum absolute atomic E-state index is 0.143. The van der Waals surface area contributed by atoms with E-state index in [2.05, 4.69) is 24.3 Å². The third-order valence-electron chi connectivity index (χ3n) is 11.1. The van der Waals surface area contributed by atoms with Crippen molar-refractivity contribution in [2.75, 3.05) is 11.5 Å². The van der Waals surface area contributed by atoms with Crippen LogP contribution in [0.2, 0.25) is 0 Å². The van der Waals surface area contributed by atoms with Gasteiger partial charge in [0.2, 0.25) is 0 Å². The summed E-state index contributed by atoms with van der Waals surface area (Å²) in [6.07, 6.45) is -9.38. The molecule has 0 saturated heterocycles. The average molecular weight is 821 g/mol. The van der Waals surface area contributed by atoms with Crippen LogP contribution in [0.15, 0.2) is 182 Å². The van der Waals surface area contributed by atoms with Gasteiger partial charge in [-0.1, -0.05) is 133 Å². The van der Waals surface area contributed by atoms with Gasteiger partial charge in [0.25, 0.3) is 0 Å². The van der Waals surface area contributed by atoms with Gasteiger partial charge in [-0.3, -0.25) is 0 Å². The number of fused-ring (bicyclic) bond motifs is 3. The molecule has 0 radical (unpaired) electrons. The summed E-state index contributed by atoms with van der Waals surface area (Å²) >= 11 is 0. The number of halogens is 6. The lowest BCUT2D eigenvalue weighted by molar-refractivity contribution is -0.137. The Morgan fingerprint density at radius 1 is 0.361 bits per heavy atom. The molecule has 302 valence electrons. The molecular formula is C51H34F6N2O2. The maximum absolute atomic E-state index is 13.9. The Morgan fingerprint density at radius 3 is 1.13 bits per heavy atom. The second kappa shape index (κ2) is 15.0. The highest BCUT2D eigenvalue weighted by molar-refractivity contribution is 5.88. The second-order valence-corrected chi connectivity index (χ2v) is 14.6. The Balaban J connectivity index is 1.29. The van der Waals surface area contributed by atoms with E-state index < -0.39 is 40.3 Å². The molecule has 0 amide bonds. The minimum Gasteiger partial charge on any atom is -0.455 e. The molecule has 0 unspecified atom stereocenters. The number of rotatable bonds is 8. The van der Waals surface area contributed by atoms with E-state index in [4.69, 9.17) is 20.9 Å². The highest BCUT2D eigenvalue weighted by atomic mass is 19.4. The molecule has 10 heteroatoms. The molecule has 8 aromatic rings. The molecule has 0 aromatic heterocycles. The molecule has 0 fully saturated rings. The van der Waals surface area contributed by atoms with Crippen LogP contribution in [0.3, 0.4) is 0 Å². The number of para-hydroxylation sites is 2. The summed E-state index contributed by atoms with van der Waals surface area (Å²) < 4.78 is 96.2. The summed E-state index contributed by atoms with van der Waals surface area (Å²) in [6, 6.07) is 53.3. The number of ether oxygens (including phenoxy) is 2. The largest absolute Gasteiger partial charge is 0.455 e. The summed E-state index contributed by atoms with van der Waals surface area (Å²) in [7, 11) is 0. The van der Waals surface area contributed by atoms with Gasteiger partial charge >= 0.3 is 12.4 Å². The lowest BCUT2D eigenvalue weighted by Gasteiger charge is -2.35. The lowest BCUT2D eigenvalue weighted by Crippen LogP contribution is -2.28. The standard InChI is InChI=1S/C51H34F6N2O2/c52-50(53,54)41-21-11-23-45(47(41)58)60-43-27-25-33(29-37(43)31-13-3-1-4-14-31)49(39-19-9-7-17-35(39)36-18-8-10-20-40(36)49)34-26-28-44(38(30-34)32-15-5-2-6-16-32)61-46-24-12-22-42(48(46)59)51(55,56)57/h1-30H,58-59H2. The second-order valence-electron chi connectivity index (χ2n) is 14.6. The van der Waals surface area contributed by atoms with Crippen molar-refractivity contribution in [3.63, 3.8) is 0 Å². The zero-order valence-electron chi connectivity index (χ0n) is 32.1. The van der Waals surface area contributed by atoms with Gasteiger partial charge < -0.3 is 20.9 Å². The molecule has 0 atom stereocenters. The topological polar surface area (TPSA) is 70.5 Å². The summed E-state index contributed by atoms with van der Waals surface area (Å²) in [5.74, 6) is 0.275. The Morgan fingerprint density at radius 2 is 0.738 bits per heavy atom. The predicted molar refractivity (Wildman–Crippen MR) is 226 cm³/mol. The molecular weight excluding hydrogens is 787 g/mol. The average Bonchev–Trinajstić information content (AvgIpc) is 3.56. The van der Waals surface area contributed by atoms with Crippen LogP contribution in [0, 0.1) is 0 Å². The third kappa shape index (κ3) is 6.79. The molecule has 0 bridgehead atoms. The van der Waals surface area contributed by atoms with Gasteiger partial charge in [-0.05, 0) is 93.0 Å². The molecule has 0 spiro atoms. The smallest absolute Gasteiger partial charge is 0.418 e. The maximum atomic E-state index is 13.9. The van der Waals surface area contributed by atoms with Crippen molar-refractivity contribution in [2.24, 2.45) is 0 Å². The van der Waals surface area contributed by atoms with Gasteiger partial charge in [0.05, 0.1) is 27.9 Å². The number of nitrogens with two attached hydrogens (primary N) is 2. The molecule has 61 heavy (non-hydrogen) atoms. The molecule has 9 rings (SSSR count). The number of nitrogen functional groups attached to an aromatic ring is 2. The van der Waals surface area contributed by atoms with Gasteiger partial charge in [0.15, 0.2) is 11.5 Å². The Labute approximate surface area is 347 Å². The number of anilines is 2. The Bertz CT molecular complexity index is 2730. The third-order valence-corrected chi connectivity index (χ3v) is 11.1. The first-order valence-corrected chi connectivity index (χ1v) is 19.2. The molecule has 8 aromatic carbocycles. The summed E-state index contributed by atoms with van der Waals surface area (Å²) in [4.78, 5) is 0. The predicted octanol–water partition coefficient (Wildman–Crippen LogP) is 14.2. The van der Waals surface area contributed by atoms with Gasteiger partial charge in [0, 0.05) is 11.1 Å². The highest BCUT2D eigenvalue weighted by Crippen LogP contribution is 2.58. The Hall–Kier alpha value is -7.46. The van der Waals surface area contributed by atoms with Crippen molar-refractivity contribution in [2.45, 2.75) is 17.8 Å². The van der Waals surface area contributed by atoms with Crippen LogP contribution in [0.5, 0.6) is 23.0 Å². The first kappa shape index (κ1) is 39.0. The molecule has 1 aliphatic carbocycles. The van der Waals surface area contributed by atoms with Crippen LogP contribution in [-0.4, -0.2) is 0 Å². The van der Waals surface area contributed by atoms with E-state index in [9.17, 15) is 26.3 Å². The fraction of sp³-hybridized carbons (Fsp3) is 0.0588. The SMILES string of the molecule is Nc1c(Oc2ccc(C3(c4ccc(Oc5cccc(C(F)(F)F)c5N)c(-c5ccccc5)c4)c4ccccc4-c4ccccc43)cc2-c2ccccc2)cccc1C(F)(F)F. The van der Waals surface area contributed by atoms with Gasteiger partial charge in [-0.25, -0.2) is 0 Å². The summed E-state index contributed by atoms with van der Waals surface area (Å²) in [5, 5.41) is 0. The molecule has 4 nitrogen and oxygen atoms in total. The first-order valence-electron chi connectivity index (χ1n) is 19.2. The van der Waals surface area contributed by atoms with E-state index >= 15 is 0 Å². The lowest BCUT2D eigenvalue weighted by atomic mass is 9.67. The van der Waals surface area contributed by atoms with Crippen LogP contribution < -0.4 is 20.9 Å². The molecule has 4 N–H and O–H groups in total. The fourth-order valence-corrected chi connectivity index (χ4v) is 8.41. The van der Waals surface area contributed by atoms with E-state index in [1.807, 2.05) is 109 Å². The van der Waals surface area contributed by atoms with E-state index in [0.29, 0.717) is 11.1 Å². The maximum Gasteiger partial charge on any atom is 0.418 e. The van der Waals surface area contributed by atoms with Crippen LogP contribution in [0.1, 0.15) is 33.4 Å². The van der Waals surface area contributed by atoms with Crippen molar-refractivity contribution in [1.82, 2.24) is 0 Å². The van der Waals surface area contributed by atoms with E-state index in [-0.39, 0.29) is 23.0 Å². The van der Waals surface area contributed by atoms with Crippen LogP contribution >= 0.6 is 0 Å². The van der Waals surface area contributed by atoms with Crippen LogP contribution in [0.25, 0.3) is 33.4 Å². The molecule has 1 aliphatic rings. The van der Waals surface area contributed by atoms with E-state index in [1.54, 1.807) is 12.1 Å². The van der Waals surface area contributed by atoms with E-state index in [0.717, 1.165) is 56.6 Å². The van der Waals surface area contributed by atoms with Crippen molar-refractivity contribution in [1.29, 1.82) is 0 Å². The number of hydrogen-bond acceptors (Lipinski definition) is 4. The van der Waals surface area contributed by atoms with Gasteiger partial charge in [-0.2, -0.15) is 26.3 Å². The molecule has 0 heterocycles. The monoisotopic (exact) mass is 820 g/mol. The van der Waals surface area contributed by atoms with E-state index in [1.165, 1.54) is 24.3 Å². The summed E-state index contributed by atoms with van der Waals surface area (Å²) in [5.41, 5.74) is 16.3. The van der Waals surface area contributed by atoms with Crippen molar-refractivity contribution in [3.8, 4) is 56.4 Å². The van der Waals surface area contributed by atoms with Crippen LogP contribution in [-0.2, 0) is 17.8 Å².